The number of esters is 1. The van der Waals surface area contributed by atoms with Gasteiger partial charge in [-0.05, 0) is 68.3 Å². The first-order valence-electron chi connectivity index (χ1n) is 10.3. The van der Waals surface area contributed by atoms with Crippen LogP contribution in [0.4, 0.5) is 11.4 Å². The summed E-state index contributed by atoms with van der Waals surface area (Å²) in [6.45, 7) is 4.86. The Balaban J connectivity index is 1.76. The average molecular weight is 478 g/mol. The maximum atomic E-state index is 12.8. The van der Waals surface area contributed by atoms with E-state index in [1.54, 1.807) is 49.4 Å². The lowest BCUT2D eigenvalue weighted by molar-refractivity contribution is -0.123. The quantitative estimate of drug-likeness (QED) is 0.492. The van der Waals surface area contributed by atoms with Crippen molar-refractivity contribution in [2.45, 2.75) is 31.8 Å². The van der Waals surface area contributed by atoms with Gasteiger partial charge in [0.05, 0.1) is 21.7 Å². The highest BCUT2D eigenvalue weighted by Gasteiger charge is 2.23. The van der Waals surface area contributed by atoms with Crippen molar-refractivity contribution in [2.75, 3.05) is 10.0 Å². The predicted molar refractivity (Wildman–Crippen MR) is 128 cm³/mol. The molecule has 174 valence electrons. The van der Waals surface area contributed by atoms with E-state index < -0.39 is 28.0 Å². The first-order valence-corrected chi connectivity index (χ1v) is 11.8. The molecule has 0 aromatic heterocycles. The number of sulfonamides is 1. The van der Waals surface area contributed by atoms with Gasteiger partial charge < -0.3 is 10.1 Å². The number of nitrogens with one attached hydrogen (secondary N) is 2. The highest BCUT2D eigenvalue weighted by atomic mass is 32.2. The van der Waals surface area contributed by atoms with Crippen molar-refractivity contribution in [1.29, 1.82) is 5.26 Å². The molecular weight excluding hydrogens is 454 g/mol. The Morgan fingerprint density at radius 2 is 1.74 bits per heavy atom. The molecule has 0 aliphatic heterocycles. The monoisotopic (exact) mass is 477 g/mol. The van der Waals surface area contributed by atoms with Gasteiger partial charge in [0.1, 0.15) is 6.07 Å². The maximum absolute atomic E-state index is 12.8. The molecular formula is C25H23N3O5S. The van der Waals surface area contributed by atoms with Gasteiger partial charge in [-0.3, -0.25) is 9.52 Å². The molecule has 8 nitrogen and oxygen atoms in total. The van der Waals surface area contributed by atoms with Crippen molar-refractivity contribution in [3.8, 4) is 6.07 Å². The summed E-state index contributed by atoms with van der Waals surface area (Å²) in [5, 5.41) is 11.7. The largest absolute Gasteiger partial charge is 0.449 e. The van der Waals surface area contributed by atoms with Gasteiger partial charge in [-0.15, -0.1) is 0 Å². The van der Waals surface area contributed by atoms with Crippen molar-refractivity contribution < 1.29 is 22.7 Å². The van der Waals surface area contributed by atoms with Crippen molar-refractivity contribution in [1.82, 2.24) is 0 Å². The molecule has 9 heteroatoms. The molecule has 2 N–H and O–H groups in total. The van der Waals surface area contributed by atoms with Crippen LogP contribution < -0.4 is 10.0 Å². The molecule has 0 spiro atoms. The van der Waals surface area contributed by atoms with Crippen LogP contribution in [0.2, 0.25) is 0 Å². The van der Waals surface area contributed by atoms with Gasteiger partial charge in [-0.2, -0.15) is 5.26 Å². The Kier molecular flexibility index (Phi) is 7.34. The summed E-state index contributed by atoms with van der Waals surface area (Å²) < 4.78 is 33.4. The van der Waals surface area contributed by atoms with Crippen LogP contribution in [0.25, 0.3) is 0 Å². The molecule has 0 fully saturated rings. The number of carbonyl (C=O) groups is 2. The molecule has 3 aromatic rings. The summed E-state index contributed by atoms with van der Waals surface area (Å²) in [7, 11) is -3.96. The number of benzene rings is 3. The second-order valence-corrected chi connectivity index (χ2v) is 9.33. The van der Waals surface area contributed by atoms with E-state index in [0.29, 0.717) is 16.9 Å². The number of nitrogens with zero attached hydrogens (tertiary/aromatic N) is 1. The van der Waals surface area contributed by atoms with E-state index in [9.17, 15) is 18.0 Å². The third-order valence-electron chi connectivity index (χ3n) is 4.97. The predicted octanol–water partition coefficient (Wildman–Crippen LogP) is 4.16. The van der Waals surface area contributed by atoms with Crippen LogP contribution in [0.5, 0.6) is 0 Å². The number of amides is 1. The molecule has 0 saturated heterocycles. The zero-order valence-electron chi connectivity index (χ0n) is 18.8. The molecule has 1 unspecified atom stereocenters. The fourth-order valence-electron chi connectivity index (χ4n) is 3.11. The molecule has 0 bridgehead atoms. The number of nitriles is 1. The van der Waals surface area contributed by atoms with Gasteiger partial charge in [0.25, 0.3) is 15.9 Å². The minimum absolute atomic E-state index is 0.0178. The van der Waals surface area contributed by atoms with E-state index in [1.807, 2.05) is 19.1 Å². The number of hydrogen-bond acceptors (Lipinski definition) is 6. The van der Waals surface area contributed by atoms with Crippen LogP contribution >= 0.6 is 0 Å². The molecule has 0 aliphatic rings. The highest BCUT2D eigenvalue weighted by Crippen LogP contribution is 2.21. The van der Waals surface area contributed by atoms with E-state index in [0.717, 1.165) is 5.56 Å². The van der Waals surface area contributed by atoms with Crippen LogP contribution in [0.3, 0.4) is 0 Å². The van der Waals surface area contributed by atoms with Gasteiger partial charge in [-0.25, -0.2) is 13.2 Å². The number of aryl methyl sites for hydroxylation is 2. The smallest absolute Gasteiger partial charge is 0.339 e. The van der Waals surface area contributed by atoms with Crippen molar-refractivity contribution in [2.24, 2.45) is 0 Å². The molecule has 1 atom stereocenters. The minimum Gasteiger partial charge on any atom is -0.449 e. The van der Waals surface area contributed by atoms with Crippen LogP contribution in [0, 0.1) is 25.2 Å². The summed E-state index contributed by atoms with van der Waals surface area (Å²) in [4.78, 5) is 25.1. The minimum atomic E-state index is -3.96. The van der Waals surface area contributed by atoms with Crippen LogP contribution in [0.1, 0.15) is 34.0 Å². The maximum Gasteiger partial charge on any atom is 0.339 e. The van der Waals surface area contributed by atoms with Crippen LogP contribution in [0.15, 0.2) is 71.6 Å². The Bertz CT molecular complexity index is 1390. The first kappa shape index (κ1) is 24.5. The van der Waals surface area contributed by atoms with Crippen molar-refractivity contribution >= 4 is 33.3 Å². The number of rotatable bonds is 7. The lowest BCUT2D eigenvalue weighted by Gasteiger charge is -2.16. The first-order chi connectivity index (χ1) is 16.1. The third kappa shape index (κ3) is 5.79. The van der Waals surface area contributed by atoms with E-state index in [-0.39, 0.29) is 16.0 Å². The second-order valence-electron chi connectivity index (χ2n) is 7.65. The number of para-hydroxylation sites is 1. The number of ether oxygens (including phenoxy) is 1. The molecule has 0 heterocycles. The molecule has 3 aromatic carbocycles. The molecule has 0 radical (unpaired) electrons. The topological polar surface area (TPSA) is 125 Å². The number of carbonyl (C=O) groups excluding carboxylic acids is 2. The fourth-order valence-corrected chi connectivity index (χ4v) is 4.19. The summed E-state index contributed by atoms with van der Waals surface area (Å²) >= 11 is 0. The zero-order chi connectivity index (χ0) is 24.9. The average Bonchev–Trinajstić information content (AvgIpc) is 2.79. The van der Waals surface area contributed by atoms with E-state index in [1.165, 1.54) is 25.1 Å². The van der Waals surface area contributed by atoms with Gasteiger partial charge in [0.2, 0.25) is 0 Å². The zero-order valence-corrected chi connectivity index (χ0v) is 19.6. The Morgan fingerprint density at radius 1 is 1.00 bits per heavy atom. The summed E-state index contributed by atoms with van der Waals surface area (Å²) in [5.41, 5.74) is 2.35. The van der Waals surface area contributed by atoms with Crippen molar-refractivity contribution in [3.63, 3.8) is 0 Å². The SMILES string of the molecule is Cc1cccc(NS(=O)(=O)c2ccc(C)c(C(=O)OC(C)C(=O)Nc3ccccc3C#N)c2)c1. The van der Waals surface area contributed by atoms with Gasteiger partial charge in [0.15, 0.2) is 6.10 Å². The Hall–Kier alpha value is -4.16. The number of anilines is 2. The standard InChI is InChI=1S/C25H23N3O5S/c1-16-7-6-9-20(13-16)28-34(31,32)21-12-11-17(2)22(14-21)25(30)33-18(3)24(29)27-23-10-5-4-8-19(23)15-26/h4-14,18,28H,1-3H3,(H,27,29). The van der Waals surface area contributed by atoms with Gasteiger partial charge in [-0.1, -0.05) is 30.3 Å². The van der Waals surface area contributed by atoms with E-state index in [4.69, 9.17) is 10.00 Å². The number of hydrogen-bond donors (Lipinski definition) is 2. The summed E-state index contributed by atoms with van der Waals surface area (Å²) in [6.07, 6.45) is -1.19. The second kappa shape index (κ2) is 10.2. The molecule has 3 rings (SSSR count). The van der Waals surface area contributed by atoms with Crippen molar-refractivity contribution in [3.05, 3.63) is 89.0 Å². The lowest BCUT2D eigenvalue weighted by Crippen LogP contribution is -2.30. The summed E-state index contributed by atoms with van der Waals surface area (Å²) in [6, 6.07) is 19.4. The van der Waals surface area contributed by atoms with Crippen LogP contribution in [-0.4, -0.2) is 26.4 Å². The van der Waals surface area contributed by atoms with Gasteiger partial charge in [0, 0.05) is 5.69 Å². The molecule has 1 amide bonds. The fraction of sp³-hybridized carbons (Fsp3) is 0.160. The van der Waals surface area contributed by atoms with E-state index >= 15 is 0 Å². The molecule has 0 aliphatic carbocycles. The van der Waals surface area contributed by atoms with Crippen LogP contribution in [-0.2, 0) is 19.6 Å². The molecule has 0 saturated carbocycles. The lowest BCUT2D eigenvalue weighted by atomic mass is 10.1. The Morgan fingerprint density at radius 3 is 2.44 bits per heavy atom. The normalized spacial score (nSPS) is 11.7. The van der Waals surface area contributed by atoms with Gasteiger partial charge >= 0.3 is 5.97 Å². The summed E-state index contributed by atoms with van der Waals surface area (Å²) in [5.74, 6) is -1.47. The Labute approximate surface area is 198 Å². The van der Waals surface area contributed by atoms with E-state index in [2.05, 4.69) is 10.0 Å². The third-order valence-corrected chi connectivity index (χ3v) is 6.35. The molecule has 34 heavy (non-hydrogen) atoms. The highest BCUT2D eigenvalue weighted by molar-refractivity contribution is 7.92.